The number of hydrogen-bond acceptors (Lipinski definition) is 14. The van der Waals surface area contributed by atoms with Crippen LogP contribution in [0, 0.1) is 17.5 Å². The minimum Gasteiger partial charge on any atom is -1.00 e. The van der Waals surface area contributed by atoms with Gasteiger partial charge in [-0.05, 0) is 80.8 Å². The summed E-state index contributed by atoms with van der Waals surface area (Å²) in [6.45, 7) is -0.365. The Kier molecular flexibility index (Phi) is 47.0. The Bertz CT molecular complexity index is 3740. The molecular weight excluding hydrogens is 1440 g/mol. The van der Waals surface area contributed by atoms with Crippen LogP contribution in [0.1, 0.15) is 157 Å². The van der Waals surface area contributed by atoms with Gasteiger partial charge in [0.05, 0.1) is 45.1 Å². The van der Waals surface area contributed by atoms with E-state index in [1.54, 1.807) is 89.8 Å². The van der Waals surface area contributed by atoms with E-state index in [9.17, 15) is 46.7 Å². The summed E-state index contributed by atoms with van der Waals surface area (Å²) >= 11 is 22.4. The van der Waals surface area contributed by atoms with Crippen LogP contribution in [-0.4, -0.2) is 114 Å². The topological polar surface area (TPSA) is 342 Å². The van der Waals surface area contributed by atoms with Crippen LogP contribution in [0.15, 0.2) is 103 Å². The molecule has 5 amide bonds. The smallest absolute Gasteiger partial charge is 1.00 e. The van der Waals surface area contributed by atoms with Gasteiger partial charge in [-0.25, -0.2) is 13.2 Å². The molecule has 7 aromatic rings. The maximum absolute atomic E-state index is 14.2. The first-order valence-electron chi connectivity index (χ1n) is 31.2. The van der Waals surface area contributed by atoms with Crippen LogP contribution in [-0.2, 0) is 66.3 Å². The fraction of sp³-hybridized carbons (Fsp3) is 0.420. The molecule has 3 saturated carbocycles. The number of carboxylic acid groups (broad SMARTS) is 1. The predicted octanol–water partition coefficient (Wildman–Crippen LogP) is 4.97. The number of carboxylic acids is 1. The van der Waals surface area contributed by atoms with Gasteiger partial charge in [0.2, 0.25) is 17.7 Å². The number of ketones is 1. The first kappa shape index (κ1) is 93.1. The molecule has 31 heteroatoms. The number of nitrogens with two attached hydrogens (primary N) is 3. The fourth-order valence-corrected chi connectivity index (χ4v) is 11.5. The van der Waals surface area contributed by atoms with Crippen molar-refractivity contribution in [3.8, 4) is 0 Å². The van der Waals surface area contributed by atoms with Crippen molar-refractivity contribution in [2.45, 2.75) is 168 Å². The first-order chi connectivity index (χ1) is 46.1. The van der Waals surface area contributed by atoms with Crippen LogP contribution in [0.25, 0.3) is 21.8 Å². The summed E-state index contributed by atoms with van der Waals surface area (Å²) in [5.74, 6) is -4.77. The molecule has 10 N–H and O–H groups in total. The van der Waals surface area contributed by atoms with E-state index in [2.05, 4.69) is 31.0 Å². The van der Waals surface area contributed by atoms with Crippen molar-refractivity contribution < 1.29 is 171 Å². The molecule has 0 radical (unpaired) electrons. The number of carbonyl (C=O) groups excluding carboxylic acids is 7. The van der Waals surface area contributed by atoms with E-state index >= 15 is 0 Å². The summed E-state index contributed by atoms with van der Waals surface area (Å²) in [5, 5.41) is 35.2. The summed E-state index contributed by atoms with van der Waals surface area (Å²) in [6.07, 6.45) is 17.9. The van der Waals surface area contributed by atoms with Crippen molar-refractivity contribution in [3.63, 3.8) is 0 Å². The average Bonchev–Trinajstić information content (AvgIpc) is 1.66. The van der Waals surface area contributed by atoms with Crippen molar-refractivity contribution in [1.82, 2.24) is 40.4 Å². The number of aliphatic carboxylic acids is 1. The van der Waals surface area contributed by atoms with E-state index in [0.717, 1.165) is 44.9 Å². The molecule has 22 nitrogen and oxygen atoms in total. The number of alkyl halides is 1. The number of benzene rings is 5. The van der Waals surface area contributed by atoms with Crippen molar-refractivity contribution in [1.29, 1.82) is 0 Å². The van der Waals surface area contributed by atoms with Crippen molar-refractivity contribution >= 4 is 116 Å². The number of fused-ring (bicyclic) bond motifs is 2. The third-order valence-corrected chi connectivity index (χ3v) is 16.9. The Hall–Kier alpha value is -4.90. The summed E-state index contributed by atoms with van der Waals surface area (Å²) in [4.78, 5) is 95.2. The normalized spacial score (nSPS) is 13.2. The standard InChI is InChI=1S/C25H27ClFN5O3.C15H20ClFN2O.C10H9Cl2FO.C10H9N3O3.C6H13N.CH2O3.2CH4.2K.H/c26-19-11-6-7-16(23(19)27)13-29-21(33)14-31(17-8-2-1-3-9-17)22(34)15-32-20-12-5-4-10-18(20)24(30-32)25(28)35;16-13-8-4-5-11(15(13)17)9-19-14(20)10-18-12-6-2-1-3-7-12;11-6-8(14)5-4-7-2-1-3-9(12)10(7)13;11-10(16)9-6-3-1-2-4-7(6)13(12-9)5-8(14)15;7-6-4-2-1-3-5-6;2-1-4-3;;;;;/h4-7,10-12,17H,1-3,8-9,13-15H2,(H2,28,35)(H,29,33);4-5,8,12,18H,1-3,6-7,9-10H2,(H,19,20);1-3H,4-6H2;1-4H,5H2,(H2,11,16)(H,14,15);6H,1-5,7H2;1,3H;2*1H4;;;/q;;;;;;;;2*+1;-1/p-1. The summed E-state index contributed by atoms with van der Waals surface area (Å²) in [7, 11) is 0. The number of amides is 5. The average molecular weight is 1520 g/mol. The number of halogens is 7. The Balaban J connectivity index is 0.00000130. The molecule has 10 rings (SSSR count). The molecule has 3 fully saturated rings. The Labute approximate surface area is 687 Å². The molecule has 0 bridgehead atoms. The van der Waals surface area contributed by atoms with Gasteiger partial charge in [0.15, 0.2) is 11.4 Å². The van der Waals surface area contributed by atoms with Gasteiger partial charge in [-0.1, -0.05) is 180 Å². The van der Waals surface area contributed by atoms with E-state index in [0.29, 0.717) is 51.4 Å². The molecule has 2 aromatic heterocycles. The van der Waals surface area contributed by atoms with Crippen LogP contribution >= 0.6 is 46.4 Å². The maximum Gasteiger partial charge on any atom is 1.00 e. The van der Waals surface area contributed by atoms with Gasteiger partial charge in [-0.2, -0.15) is 10.2 Å². The minimum atomic E-state index is -1.02. The van der Waals surface area contributed by atoms with Gasteiger partial charge in [0.1, 0.15) is 36.3 Å². The first-order valence-corrected chi connectivity index (χ1v) is 32.9. The predicted molar refractivity (Wildman–Crippen MR) is 372 cm³/mol. The number of primary amides is 2. The molecule has 0 unspecified atom stereocenters. The van der Waals surface area contributed by atoms with Gasteiger partial charge in [-0.3, -0.25) is 47.7 Å². The zero-order valence-electron chi connectivity index (χ0n) is 55.7. The molecule has 3 aliphatic carbocycles. The van der Waals surface area contributed by atoms with Crippen LogP contribution in [0.3, 0.4) is 0 Å². The quantitative estimate of drug-likeness (QED) is 0.0164. The molecule has 536 valence electrons. The third-order valence-electron chi connectivity index (χ3n) is 15.7. The van der Waals surface area contributed by atoms with Gasteiger partial charge in [-0.15, -0.1) is 11.6 Å². The summed E-state index contributed by atoms with van der Waals surface area (Å²) in [6, 6.07) is 28.9. The van der Waals surface area contributed by atoms with E-state index in [1.807, 2.05) is 0 Å². The fourth-order valence-electron chi connectivity index (χ4n) is 10.8. The number of aromatic nitrogens is 4. The van der Waals surface area contributed by atoms with Crippen molar-refractivity contribution in [2.24, 2.45) is 17.2 Å². The van der Waals surface area contributed by atoms with Gasteiger partial charge < -0.3 is 54.7 Å². The van der Waals surface area contributed by atoms with Gasteiger partial charge in [0.25, 0.3) is 18.3 Å². The molecule has 0 spiro atoms. The monoisotopic (exact) mass is 1520 g/mol. The van der Waals surface area contributed by atoms with E-state index < -0.39 is 41.1 Å². The number of aryl methyl sites for hydroxylation is 1. The largest absolute Gasteiger partial charge is 1.00 e. The molecule has 0 atom stereocenters. The molecule has 100 heavy (non-hydrogen) atoms. The Morgan fingerprint density at radius 3 is 1.45 bits per heavy atom. The molecule has 0 saturated heterocycles. The van der Waals surface area contributed by atoms with Crippen molar-refractivity contribution in [3.05, 3.63) is 164 Å². The molecular formula is C69H88Cl4F3K2N11O11. The third kappa shape index (κ3) is 31.6. The van der Waals surface area contributed by atoms with Crippen LogP contribution < -0.4 is 141 Å². The zero-order valence-corrected chi connectivity index (χ0v) is 64.0. The van der Waals surface area contributed by atoms with Crippen molar-refractivity contribution in [2.75, 3.05) is 19.0 Å². The second kappa shape index (κ2) is 50.5. The van der Waals surface area contributed by atoms with Gasteiger partial charge in [0, 0.05) is 59.5 Å². The van der Waals surface area contributed by atoms with E-state index in [1.165, 1.54) is 78.9 Å². The van der Waals surface area contributed by atoms with Crippen LogP contribution in [0.5, 0.6) is 0 Å². The van der Waals surface area contributed by atoms with Gasteiger partial charge >= 0.3 is 109 Å². The number of nitrogens with zero attached hydrogens (tertiary/aromatic N) is 5. The second-order valence-corrected chi connectivity index (χ2v) is 24.1. The maximum atomic E-state index is 14.2. The number of nitrogens with one attached hydrogen (secondary N) is 3. The summed E-state index contributed by atoms with van der Waals surface area (Å²) in [5.41, 5.74) is 18.8. The second-order valence-electron chi connectivity index (χ2n) is 22.7. The molecule has 0 aliphatic heterocycles. The number of carbonyl (C=O) groups is 8. The molecule has 2 heterocycles. The minimum absolute atomic E-state index is 0. The number of rotatable bonds is 21. The number of para-hydroxylation sites is 2. The summed E-state index contributed by atoms with van der Waals surface area (Å²) < 4.78 is 43.8. The SMILES string of the molecule is C.C.NC(=O)c1nn(CC(=O)N(CC(=O)NCc2cccc(Cl)c2F)C2CCCCC2)c2ccccc12.NC(=O)c1nn(CC(=O)O)c2ccccc12.NC1CCCCC1.O=C(CCl)CCc1cccc(Cl)c1F.O=C(CNC1CCCCC1)NCc1cccc(Cl)c1F.O=CO[O-].[H-].[K+].[K+]. The molecule has 3 aliphatic rings. The van der Waals surface area contributed by atoms with Crippen LogP contribution in [0.2, 0.25) is 15.1 Å². The molecule has 5 aromatic carbocycles. The van der Waals surface area contributed by atoms with Crippen LogP contribution in [0.4, 0.5) is 13.2 Å². The Morgan fingerprint density at radius 2 is 1.03 bits per heavy atom. The number of hydrogen-bond donors (Lipinski definition) is 7. The van der Waals surface area contributed by atoms with E-state index in [-0.39, 0.29) is 233 Å². The van der Waals surface area contributed by atoms with E-state index in [4.69, 9.17) is 78.8 Å². The number of Topliss-reactive ketones (excluding diaryl/α,β-unsaturated/α-hetero) is 1. The zero-order chi connectivity index (χ0) is 70.1. The Morgan fingerprint density at radius 1 is 0.620 bits per heavy atom.